The first-order valence-corrected chi connectivity index (χ1v) is 10.8. The van der Waals surface area contributed by atoms with Crippen LogP contribution in [0, 0.1) is 5.82 Å². The summed E-state index contributed by atoms with van der Waals surface area (Å²) in [5, 5.41) is 2.87. The van der Waals surface area contributed by atoms with Crippen molar-refractivity contribution in [1.82, 2.24) is 5.32 Å². The summed E-state index contributed by atoms with van der Waals surface area (Å²) in [4.78, 5) is 13.2. The van der Waals surface area contributed by atoms with Gasteiger partial charge in [-0.3, -0.25) is 4.79 Å². The first kappa shape index (κ1) is 21.4. The molecule has 0 radical (unpaired) electrons. The molecule has 166 valence electrons. The number of anilines is 1. The maximum absolute atomic E-state index is 14.7. The van der Waals surface area contributed by atoms with Crippen LogP contribution in [0.1, 0.15) is 38.3 Å². The maximum Gasteiger partial charge on any atom is 0.217 e. The van der Waals surface area contributed by atoms with Crippen molar-refractivity contribution in [2.24, 2.45) is 0 Å². The number of nitrogens with zero attached hydrogens (tertiary/aromatic N) is 1. The van der Waals surface area contributed by atoms with Gasteiger partial charge in [-0.25, -0.2) is 4.39 Å². The van der Waals surface area contributed by atoms with E-state index in [0.29, 0.717) is 31.2 Å². The number of hydrogen-bond donors (Lipinski definition) is 1. The highest BCUT2D eigenvalue weighted by Gasteiger charge is 2.26. The maximum atomic E-state index is 14.7. The van der Waals surface area contributed by atoms with Crippen LogP contribution in [0.25, 0.3) is 0 Å². The topological polar surface area (TPSA) is 60.0 Å². The predicted octanol–water partition coefficient (Wildman–Crippen LogP) is 3.85. The van der Waals surface area contributed by atoms with Crippen molar-refractivity contribution in [2.45, 2.75) is 44.9 Å². The van der Waals surface area contributed by atoms with Gasteiger partial charge in [0, 0.05) is 32.4 Å². The van der Waals surface area contributed by atoms with E-state index in [1.165, 1.54) is 13.0 Å². The lowest BCUT2D eigenvalue weighted by molar-refractivity contribution is -0.119. The molecule has 6 nitrogen and oxygen atoms in total. The van der Waals surface area contributed by atoms with Gasteiger partial charge in [0.25, 0.3) is 0 Å². The van der Waals surface area contributed by atoms with Gasteiger partial charge in [-0.1, -0.05) is 12.1 Å². The lowest BCUT2D eigenvalue weighted by Gasteiger charge is -2.21. The molecule has 7 heteroatoms. The van der Waals surface area contributed by atoms with Crippen molar-refractivity contribution in [1.29, 1.82) is 0 Å². The first-order valence-electron chi connectivity index (χ1n) is 10.8. The van der Waals surface area contributed by atoms with E-state index in [-0.39, 0.29) is 30.0 Å². The van der Waals surface area contributed by atoms with Crippen LogP contribution in [0.3, 0.4) is 0 Å². The molecule has 3 unspecified atom stereocenters. The minimum Gasteiger partial charge on any atom is -0.489 e. The Balaban J connectivity index is 1.32. The van der Waals surface area contributed by atoms with Gasteiger partial charge in [-0.05, 0) is 36.8 Å². The average molecular weight is 429 g/mol. The van der Waals surface area contributed by atoms with Crippen LogP contribution in [-0.2, 0) is 9.53 Å². The summed E-state index contributed by atoms with van der Waals surface area (Å²) in [5.74, 6) is 0.970. The Morgan fingerprint density at radius 1 is 1.13 bits per heavy atom. The van der Waals surface area contributed by atoms with Gasteiger partial charge in [0.1, 0.15) is 29.5 Å². The molecule has 1 N–H and O–H groups in total. The molecule has 2 saturated heterocycles. The van der Waals surface area contributed by atoms with Crippen molar-refractivity contribution >= 4 is 11.6 Å². The molecule has 2 fully saturated rings. The number of rotatable bonds is 7. The van der Waals surface area contributed by atoms with E-state index in [0.717, 1.165) is 30.7 Å². The Labute approximate surface area is 182 Å². The second-order valence-electron chi connectivity index (χ2n) is 8.18. The number of benzene rings is 2. The smallest absolute Gasteiger partial charge is 0.217 e. The van der Waals surface area contributed by atoms with E-state index >= 15 is 0 Å². The molecule has 0 aromatic heterocycles. The highest BCUT2D eigenvalue weighted by atomic mass is 19.1. The molecule has 1 amide bonds. The normalized spacial score (nSPS) is 21.7. The highest BCUT2D eigenvalue weighted by molar-refractivity contribution is 5.73. The van der Waals surface area contributed by atoms with Crippen LogP contribution < -0.4 is 19.7 Å². The van der Waals surface area contributed by atoms with Gasteiger partial charge in [0.2, 0.25) is 5.91 Å². The molecule has 4 rings (SSSR count). The summed E-state index contributed by atoms with van der Waals surface area (Å²) in [6, 6.07) is 12.7. The van der Waals surface area contributed by atoms with Gasteiger partial charge in [0.05, 0.1) is 31.5 Å². The number of ether oxygens (including phenoxy) is 3. The lowest BCUT2D eigenvalue weighted by Crippen LogP contribution is -2.25. The van der Waals surface area contributed by atoms with Crippen LogP contribution in [-0.4, -0.2) is 44.4 Å². The van der Waals surface area contributed by atoms with Gasteiger partial charge < -0.3 is 24.4 Å². The van der Waals surface area contributed by atoms with Crippen LogP contribution in [0.2, 0.25) is 0 Å². The molecule has 2 aliphatic heterocycles. The molecule has 0 spiro atoms. The first-order chi connectivity index (χ1) is 15.0. The van der Waals surface area contributed by atoms with Crippen LogP contribution >= 0.6 is 0 Å². The van der Waals surface area contributed by atoms with E-state index < -0.39 is 0 Å². The van der Waals surface area contributed by atoms with E-state index in [1.54, 1.807) is 6.07 Å². The average Bonchev–Trinajstić information content (AvgIpc) is 3.40. The minimum absolute atomic E-state index is 0.00225. The SMILES string of the molecule is CC(=O)NC(C)c1ccc(OC2CCN(c3ccc(OC4CCOC4)cc3F)C2)cc1. The zero-order valence-electron chi connectivity index (χ0n) is 18.0. The Hall–Kier alpha value is -2.80. The second kappa shape index (κ2) is 9.56. The summed E-state index contributed by atoms with van der Waals surface area (Å²) >= 11 is 0. The number of halogens is 1. The van der Waals surface area contributed by atoms with Gasteiger partial charge in [-0.15, -0.1) is 0 Å². The third kappa shape index (κ3) is 5.47. The standard InChI is InChI=1S/C24H29FN2O4/c1-16(26-17(2)28)18-3-5-19(6-4-18)30-21-9-11-27(14-21)24-8-7-20(13-23(24)25)31-22-10-12-29-15-22/h3-8,13,16,21-22H,9-12,14-15H2,1-2H3,(H,26,28). The molecule has 2 aliphatic rings. The van der Waals surface area contributed by atoms with Crippen LogP contribution in [0.15, 0.2) is 42.5 Å². The zero-order chi connectivity index (χ0) is 21.8. The fourth-order valence-electron chi connectivity index (χ4n) is 4.07. The van der Waals surface area contributed by atoms with E-state index in [9.17, 15) is 9.18 Å². The largest absolute Gasteiger partial charge is 0.489 e. The van der Waals surface area contributed by atoms with Crippen LogP contribution in [0.4, 0.5) is 10.1 Å². The Bertz CT molecular complexity index is 899. The summed E-state index contributed by atoms with van der Waals surface area (Å²) in [6.07, 6.45) is 1.65. The summed E-state index contributed by atoms with van der Waals surface area (Å²) in [7, 11) is 0. The Morgan fingerprint density at radius 3 is 2.55 bits per heavy atom. The van der Waals surface area contributed by atoms with Crippen molar-refractivity contribution in [3.63, 3.8) is 0 Å². The van der Waals surface area contributed by atoms with E-state index in [2.05, 4.69) is 5.32 Å². The number of carbonyl (C=O) groups is 1. The van der Waals surface area contributed by atoms with Crippen LogP contribution in [0.5, 0.6) is 11.5 Å². The summed E-state index contributed by atoms with van der Waals surface area (Å²) in [5.41, 5.74) is 1.59. The lowest BCUT2D eigenvalue weighted by atomic mass is 10.1. The van der Waals surface area contributed by atoms with Crippen molar-refractivity contribution < 1.29 is 23.4 Å². The molecule has 3 atom stereocenters. The van der Waals surface area contributed by atoms with Crippen molar-refractivity contribution in [3.05, 3.63) is 53.8 Å². The number of carbonyl (C=O) groups excluding carboxylic acids is 1. The minimum atomic E-state index is -0.284. The molecule has 2 heterocycles. The molecule has 0 bridgehead atoms. The molecule has 0 saturated carbocycles. The van der Waals surface area contributed by atoms with Crippen molar-refractivity contribution in [3.8, 4) is 11.5 Å². The monoisotopic (exact) mass is 428 g/mol. The molecule has 2 aromatic rings. The summed E-state index contributed by atoms with van der Waals surface area (Å²) < 4.78 is 31.9. The fourth-order valence-corrected chi connectivity index (χ4v) is 4.07. The zero-order valence-corrected chi connectivity index (χ0v) is 18.0. The van der Waals surface area contributed by atoms with E-state index in [1.807, 2.05) is 42.2 Å². The molecular weight excluding hydrogens is 399 g/mol. The van der Waals surface area contributed by atoms with Gasteiger partial charge in [-0.2, -0.15) is 0 Å². The third-order valence-corrected chi connectivity index (χ3v) is 5.70. The van der Waals surface area contributed by atoms with Crippen molar-refractivity contribution in [2.75, 3.05) is 31.2 Å². The number of amides is 1. The second-order valence-corrected chi connectivity index (χ2v) is 8.18. The molecule has 0 aliphatic carbocycles. The Kier molecular flexibility index (Phi) is 6.61. The quantitative estimate of drug-likeness (QED) is 0.726. The predicted molar refractivity (Wildman–Crippen MR) is 116 cm³/mol. The third-order valence-electron chi connectivity index (χ3n) is 5.70. The number of nitrogens with one attached hydrogen (secondary N) is 1. The van der Waals surface area contributed by atoms with E-state index in [4.69, 9.17) is 14.2 Å². The van der Waals surface area contributed by atoms with Gasteiger partial charge in [0.15, 0.2) is 0 Å². The molecule has 31 heavy (non-hydrogen) atoms. The highest BCUT2D eigenvalue weighted by Crippen LogP contribution is 2.29. The summed E-state index contributed by atoms with van der Waals surface area (Å²) in [6.45, 7) is 6.05. The number of hydrogen-bond acceptors (Lipinski definition) is 5. The molecule has 2 aromatic carbocycles. The Morgan fingerprint density at radius 2 is 1.87 bits per heavy atom. The fraction of sp³-hybridized carbons (Fsp3) is 0.458. The molecular formula is C24H29FN2O4. The van der Waals surface area contributed by atoms with Gasteiger partial charge >= 0.3 is 0 Å².